The maximum atomic E-state index is 9.22. The topological polar surface area (TPSA) is 49.8 Å². The molecule has 1 atom stereocenters. The Kier molecular flexibility index (Phi) is 3.47. The zero-order valence-corrected chi connectivity index (χ0v) is 10.8. The van der Waals surface area contributed by atoms with Gasteiger partial charge in [-0.2, -0.15) is 5.26 Å². The van der Waals surface area contributed by atoms with Crippen LogP contribution in [-0.2, 0) is 0 Å². The summed E-state index contributed by atoms with van der Waals surface area (Å²) in [5.41, 5.74) is 2.00. The molecule has 0 unspecified atom stereocenters. The van der Waals surface area contributed by atoms with Crippen molar-refractivity contribution in [3.63, 3.8) is 0 Å². The van der Waals surface area contributed by atoms with E-state index in [1.807, 2.05) is 30.3 Å². The third-order valence-electron chi connectivity index (χ3n) is 3.13. The average Bonchev–Trinajstić information content (AvgIpc) is 2.78. The first-order chi connectivity index (χ1) is 8.61. The van der Waals surface area contributed by atoms with E-state index in [0.717, 1.165) is 5.52 Å². The first kappa shape index (κ1) is 12.4. The van der Waals surface area contributed by atoms with Crippen molar-refractivity contribution in [2.24, 2.45) is 11.8 Å². The molecule has 3 nitrogen and oxygen atoms in total. The zero-order valence-electron chi connectivity index (χ0n) is 10.8. The van der Waals surface area contributed by atoms with E-state index in [-0.39, 0.29) is 0 Å². The lowest BCUT2D eigenvalue weighted by atomic mass is 9.96. The largest absolute Gasteiger partial charge is 0.435 e. The van der Waals surface area contributed by atoms with Crippen LogP contribution >= 0.6 is 0 Å². The summed E-state index contributed by atoms with van der Waals surface area (Å²) in [5.74, 6) is 1.21. The van der Waals surface area contributed by atoms with Gasteiger partial charge >= 0.3 is 0 Å². The van der Waals surface area contributed by atoms with E-state index < -0.39 is 0 Å². The number of nitrogens with zero attached hydrogens (tertiary/aromatic N) is 2. The van der Waals surface area contributed by atoms with Crippen molar-refractivity contribution in [3.8, 4) is 6.07 Å². The van der Waals surface area contributed by atoms with Gasteiger partial charge in [-0.15, -0.1) is 0 Å². The van der Waals surface area contributed by atoms with Gasteiger partial charge in [-0.3, -0.25) is 0 Å². The van der Waals surface area contributed by atoms with Crippen molar-refractivity contribution in [3.05, 3.63) is 36.2 Å². The van der Waals surface area contributed by atoms with Crippen LogP contribution in [0.15, 0.2) is 34.8 Å². The molecule has 0 amide bonds. The Morgan fingerprint density at radius 3 is 2.67 bits per heavy atom. The molecule has 0 spiro atoms. The van der Waals surface area contributed by atoms with Crippen LogP contribution in [0, 0.1) is 23.2 Å². The van der Waals surface area contributed by atoms with Gasteiger partial charge in [0.1, 0.15) is 17.2 Å². The SMILES string of the molecule is CC(C)[C@@H](C)/C=C(/C#N)c1nc2ccccc2o1. The normalized spacial score (nSPS) is 13.8. The summed E-state index contributed by atoms with van der Waals surface area (Å²) >= 11 is 0. The number of benzene rings is 1. The van der Waals surface area contributed by atoms with Crippen LogP contribution in [0.4, 0.5) is 0 Å². The fourth-order valence-electron chi connectivity index (χ4n) is 1.60. The van der Waals surface area contributed by atoms with Crippen LogP contribution in [0.25, 0.3) is 16.7 Å². The second-order valence-corrected chi connectivity index (χ2v) is 4.78. The summed E-state index contributed by atoms with van der Waals surface area (Å²) in [7, 11) is 0. The summed E-state index contributed by atoms with van der Waals surface area (Å²) in [6, 6.07) is 9.70. The van der Waals surface area contributed by atoms with E-state index in [1.165, 1.54) is 0 Å². The van der Waals surface area contributed by atoms with Gasteiger partial charge in [-0.1, -0.05) is 39.0 Å². The Morgan fingerprint density at radius 2 is 2.06 bits per heavy atom. The number of rotatable bonds is 3. The Morgan fingerprint density at radius 1 is 1.33 bits per heavy atom. The highest BCUT2D eigenvalue weighted by Gasteiger charge is 2.13. The van der Waals surface area contributed by atoms with Crippen molar-refractivity contribution in [2.75, 3.05) is 0 Å². The van der Waals surface area contributed by atoms with Crippen molar-refractivity contribution < 1.29 is 4.42 Å². The van der Waals surface area contributed by atoms with Gasteiger partial charge < -0.3 is 4.42 Å². The predicted octanol–water partition coefficient (Wildman–Crippen LogP) is 4.03. The molecule has 92 valence electrons. The molecule has 0 aliphatic rings. The van der Waals surface area contributed by atoms with Crippen LogP contribution in [-0.4, -0.2) is 4.98 Å². The molecule has 0 saturated carbocycles. The second-order valence-electron chi connectivity index (χ2n) is 4.78. The maximum Gasteiger partial charge on any atom is 0.237 e. The van der Waals surface area contributed by atoms with Crippen LogP contribution in [0.2, 0.25) is 0 Å². The number of para-hydroxylation sites is 2. The standard InChI is InChI=1S/C15H16N2O/c1-10(2)11(3)8-12(9-16)15-17-13-6-4-5-7-14(13)18-15/h4-8,10-11H,1-3H3/b12-8-/t11-/m0/s1. The number of hydrogen-bond donors (Lipinski definition) is 0. The van der Waals surface area contributed by atoms with Crippen LogP contribution in [0.3, 0.4) is 0 Å². The molecule has 0 aliphatic carbocycles. The van der Waals surface area contributed by atoms with Gasteiger partial charge in [-0.25, -0.2) is 4.98 Å². The van der Waals surface area contributed by atoms with Crippen LogP contribution in [0.1, 0.15) is 26.7 Å². The number of hydrogen-bond acceptors (Lipinski definition) is 3. The molecular formula is C15H16N2O. The number of oxazole rings is 1. The molecular weight excluding hydrogens is 224 g/mol. The molecule has 1 aromatic heterocycles. The third kappa shape index (κ3) is 2.43. The molecule has 2 aromatic rings. The predicted molar refractivity (Wildman–Crippen MR) is 71.6 cm³/mol. The maximum absolute atomic E-state index is 9.22. The van der Waals surface area contributed by atoms with Gasteiger partial charge in [0.15, 0.2) is 5.58 Å². The molecule has 0 N–H and O–H groups in total. The molecule has 18 heavy (non-hydrogen) atoms. The van der Waals surface area contributed by atoms with E-state index in [0.29, 0.717) is 28.9 Å². The Balaban J connectivity index is 2.42. The molecule has 1 aromatic carbocycles. The van der Waals surface area contributed by atoms with E-state index in [9.17, 15) is 5.26 Å². The monoisotopic (exact) mass is 240 g/mol. The fourth-order valence-corrected chi connectivity index (χ4v) is 1.60. The van der Waals surface area contributed by atoms with E-state index in [2.05, 4.69) is 31.8 Å². The highest BCUT2D eigenvalue weighted by molar-refractivity contribution is 5.79. The third-order valence-corrected chi connectivity index (χ3v) is 3.13. The fraction of sp³-hybridized carbons (Fsp3) is 0.333. The number of nitriles is 1. The van der Waals surface area contributed by atoms with E-state index in [1.54, 1.807) is 0 Å². The number of fused-ring (bicyclic) bond motifs is 1. The van der Waals surface area contributed by atoms with Gasteiger partial charge in [0, 0.05) is 0 Å². The molecule has 0 aliphatic heterocycles. The van der Waals surface area contributed by atoms with E-state index in [4.69, 9.17) is 4.42 Å². The molecule has 3 heteroatoms. The highest BCUT2D eigenvalue weighted by Crippen LogP contribution is 2.23. The molecule has 0 bridgehead atoms. The quantitative estimate of drug-likeness (QED) is 0.761. The smallest absolute Gasteiger partial charge is 0.237 e. The summed E-state index contributed by atoms with van der Waals surface area (Å²) < 4.78 is 5.60. The lowest BCUT2D eigenvalue weighted by Gasteiger charge is -2.09. The highest BCUT2D eigenvalue weighted by atomic mass is 16.3. The Bertz CT molecular complexity index is 584. The minimum atomic E-state index is 0.315. The lowest BCUT2D eigenvalue weighted by molar-refractivity contribution is 0.503. The lowest BCUT2D eigenvalue weighted by Crippen LogP contribution is -2.00. The molecule has 0 saturated heterocycles. The van der Waals surface area contributed by atoms with E-state index >= 15 is 0 Å². The summed E-state index contributed by atoms with van der Waals surface area (Å²) in [5, 5.41) is 9.22. The molecule has 2 rings (SSSR count). The first-order valence-electron chi connectivity index (χ1n) is 6.09. The summed E-state index contributed by atoms with van der Waals surface area (Å²) in [6.07, 6.45) is 1.93. The van der Waals surface area contributed by atoms with Crippen molar-refractivity contribution in [1.82, 2.24) is 4.98 Å². The molecule has 0 fully saturated rings. The van der Waals surface area contributed by atoms with Crippen LogP contribution in [0.5, 0.6) is 0 Å². The van der Waals surface area contributed by atoms with Crippen molar-refractivity contribution in [1.29, 1.82) is 5.26 Å². The number of aromatic nitrogens is 1. The minimum Gasteiger partial charge on any atom is -0.435 e. The second kappa shape index (κ2) is 5.05. The molecule has 0 radical (unpaired) electrons. The van der Waals surface area contributed by atoms with Gasteiger partial charge in [-0.05, 0) is 24.0 Å². The minimum absolute atomic E-state index is 0.315. The Hall–Kier alpha value is -2.08. The van der Waals surface area contributed by atoms with Gasteiger partial charge in [0.05, 0.1) is 0 Å². The summed E-state index contributed by atoms with van der Waals surface area (Å²) in [6.45, 7) is 6.34. The average molecular weight is 240 g/mol. The zero-order chi connectivity index (χ0) is 13.1. The van der Waals surface area contributed by atoms with Gasteiger partial charge in [0.25, 0.3) is 0 Å². The molecule has 1 heterocycles. The summed E-state index contributed by atoms with van der Waals surface area (Å²) in [4.78, 5) is 4.34. The Labute approximate surface area is 107 Å². The van der Waals surface area contributed by atoms with Crippen molar-refractivity contribution >= 4 is 16.7 Å². The number of allylic oxidation sites excluding steroid dienone is 2. The van der Waals surface area contributed by atoms with Gasteiger partial charge in [0.2, 0.25) is 5.89 Å². The van der Waals surface area contributed by atoms with Crippen molar-refractivity contribution in [2.45, 2.75) is 20.8 Å². The van der Waals surface area contributed by atoms with Crippen LogP contribution < -0.4 is 0 Å². The first-order valence-corrected chi connectivity index (χ1v) is 6.09.